The van der Waals surface area contributed by atoms with Crippen LogP contribution in [-0.4, -0.2) is 17.3 Å². The van der Waals surface area contributed by atoms with E-state index < -0.39 is 14.4 Å². The molecule has 5 nitrogen and oxygen atoms in total. The molecule has 1 atom stereocenters. The van der Waals surface area contributed by atoms with E-state index in [-0.39, 0.29) is 0 Å². The summed E-state index contributed by atoms with van der Waals surface area (Å²) in [6.07, 6.45) is 2.07. The van der Waals surface area contributed by atoms with E-state index in [0.717, 1.165) is 12.3 Å². The second-order valence-electron chi connectivity index (χ2n) is 1.62. The topological polar surface area (TPSA) is 79.1 Å². The van der Waals surface area contributed by atoms with E-state index in [9.17, 15) is 8.42 Å². The maximum atomic E-state index is 10.4. The number of hydrogen-bond donors (Lipinski definition) is 1. The normalized spacial score (nSPS) is 31.4. The SMILES string of the molecule is O=S(=O)(O)C1(Cl)C=CN=N1. The van der Waals surface area contributed by atoms with Crippen LogP contribution < -0.4 is 0 Å². The van der Waals surface area contributed by atoms with E-state index in [1.807, 2.05) is 0 Å². The summed E-state index contributed by atoms with van der Waals surface area (Å²) in [5.74, 6) is 0. The highest BCUT2D eigenvalue weighted by Crippen LogP contribution is 2.29. The smallest absolute Gasteiger partial charge is 0.282 e. The maximum absolute atomic E-state index is 10.4. The molecule has 1 heterocycles. The summed E-state index contributed by atoms with van der Waals surface area (Å²) < 4.78 is 27.1. The summed E-state index contributed by atoms with van der Waals surface area (Å²) in [5, 5.41) is 6.26. The lowest BCUT2D eigenvalue weighted by Gasteiger charge is -2.07. The van der Waals surface area contributed by atoms with Crippen molar-refractivity contribution >= 4 is 21.7 Å². The standard InChI is InChI=1S/C3H3ClN2O3S/c4-3(10(7,8)9)1-2-5-6-3/h1-2H,(H,7,8,9). The van der Waals surface area contributed by atoms with Crippen LogP contribution in [0.15, 0.2) is 22.5 Å². The Bertz CT molecular complexity index is 281. The maximum Gasteiger partial charge on any atom is 0.311 e. The predicted molar refractivity (Wildman–Crippen MR) is 34.1 cm³/mol. The molecule has 0 aromatic rings. The van der Waals surface area contributed by atoms with Crippen LogP contribution >= 0.6 is 11.6 Å². The number of halogens is 1. The minimum Gasteiger partial charge on any atom is -0.282 e. The highest BCUT2D eigenvalue weighted by Gasteiger charge is 2.40. The molecular formula is C3H3ClN2O3S. The predicted octanol–water partition coefficient (Wildman–Crippen LogP) is 0.746. The lowest BCUT2D eigenvalue weighted by atomic mass is 10.6. The molecule has 0 saturated heterocycles. The van der Waals surface area contributed by atoms with Crippen molar-refractivity contribution in [3.05, 3.63) is 12.3 Å². The van der Waals surface area contributed by atoms with E-state index in [4.69, 9.17) is 16.2 Å². The van der Waals surface area contributed by atoms with E-state index in [0.29, 0.717) is 0 Å². The molecule has 0 spiro atoms. The number of nitrogens with zero attached hydrogens (tertiary/aromatic N) is 2. The van der Waals surface area contributed by atoms with Gasteiger partial charge in [-0.2, -0.15) is 13.5 Å². The second kappa shape index (κ2) is 2.01. The molecular weight excluding hydrogens is 180 g/mol. The zero-order valence-corrected chi connectivity index (χ0v) is 6.17. The molecule has 0 bridgehead atoms. The average Bonchev–Trinajstić information content (AvgIpc) is 2.13. The zero-order valence-electron chi connectivity index (χ0n) is 4.60. The Balaban J connectivity index is 3.14. The van der Waals surface area contributed by atoms with Crippen molar-refractivity contribution in [3.8, 4) is 0 Å². The third-order valence-electron chi connectivity index (χ3n) is 0.903. The van der Waals surface area contributed by atoms with Crippen LogP contribution in [0, 0.1) is 0 Å². The monoisotopic (exact) mass is 182 g/mol. The number of azo groups is 1. The molecule has 0 fully saturated rings. The first-order valence-electron chi connectivity index (χ1n) is 2.21. The minimum atomic E-state index is -4.38. The largest absolute Gasteiger partial charge is 0.311 e. The van der Waals surface area contributed by atoms with Gasteiger partial charge in [0.15, 0.2) is 0 Å². The fourth-order valence-corrected chi connectivity index (χ4v) is 0.891. The van der Waals surface area contributed by atoms with Gasteiger partial charge in [-0.05, 0) is 6.08 Å². The lowest BCUT2D eigenvalue weighted by molar-refractivity contribution is 0.470. The van der Waals surface area contributed by atoms with Gasteiger partial charge in [0.1, 0.15) is 0 Å². The molecule has 1 unspecified atom stereocenters. The molecule has 56 valence electrons. The van der Waals surface area contributed by atoms with E-state index in [1.165, 1.54) is 0 Å². The lowest BCUT2D eigenvalue weighted by Crippen LogP contribution is -2.25. The fourth-order valence-electron chi connectivity index (χ4n) is 0.408. The summed E-state index contributed by atoms with van der Waals surface area (Å²) in [7, 11) is -4.38. The van der Waals surface area contributed by atoms with Crippen LogP contribution in [0.4, 0.5) is 0 Å². The molecule has 0 amide bonds. The second-order valence-corrected chi connectivity index (χ2v) is 3.99. The van der Waals surface area contributed by atoms with Gasteiger partial charge in [-0.25, -0.2) is 0 Å². The zero-order chi connectivity index (χ0) is 7.83. The number of alkyl halides is 1. The van der Waals surface area contributed by atoms with Gasteiger partial charge in [0.05, 0.1) is 6.20 Å². The Labute approximate surface area is 62.2 Å². The van der Waals surface area contributed by atoms with Gasteiger partial charge < -0.3 is 0 Å². The van der Waals surface area contributed by atoms with E-state index in [1.54, 1.807) is 0 Å². The van der Waals surface area contributed by atoms with Crippen LogP contribution in [0.1, 0.15) is 0 Å². The van der Waals surface area contributed by atoms with Gasteiger partial charge in [-0.3, -0.25) is 4.55 Å². The molecule has 0 saturated carbocycles. The van der Waals surface area contributed by atoms with Crippen molar-refractivity contribution in [3.63, 3.8) is 0 Å². The highest BCUT2D eigenvalue weighted by molar-refractivity contribution is 7.88. The Hall–Kier alpha value is -0.460. The van der Waals surface area contributed by atoms with Gasteiger partial charge in [-0.15, -0.1) is 5.11 Å². The third kappa shape index (κ3) is 1.05. The molecule has 0 aromatic heterocycles. The van der Waals surface area contributed by atoms with Crippen molar-refractivity contribution in [2.75, 3.05) is 0 Å². The highest BCUT2D eigenvalue weighted by atomic mass is 35.5. The molecule has 0 radical (unpaired) electrons. The summed E-state index contributed by atoms with van der Waals surface area (Å²) in [4.78, 5) is 0. The third-order valence-corrected chi connectivity index (χ3v) is 2.63. The summed E-state index contributed by atoms with van der Waals surface area (Å²) in [5.41, 5.74) is 0. The van der Waals surface area contributed by atoms with Crippen molar-refractivity contribution < 1.29 is 13.0 Å². The van der Waals surface area contributed by atoms with E-state index in [2.05, 4.69) is 10.2 Å². The van der Waals surface area contributed by atoms with Gasteiger partial charge in [0.25, 0.3) is 4.33 Å². The van der Waals surface area contributed by atoms with Gasteiger partial charge in [0, 0.05) is 0 Å². The van der Waals surface area contributed by atoms with Crippen LogP contribution in [0.3, 0.4) is 0 Å². The van der Waals surface area contributed by atoms with Crippen LogP contribution in [-0.2, 0) is 10.1 Å². The molecule has 10 heavy (non-hydrogen) atoms. The average molecular weight is 183 g/mol. The van der Waals surface area contributed by atoms with Crippen molar-refractivity contribution in [1.29, 1.82) is 0 Å². The van der Waals surface area contributed by atoms with Crippen LogP contribution in [0.25, 0.3) is 0 Å². The Morgan fingerprint density at radius 3 is 2.40 bits per heavy atom. The van der Waals surface area contributed by atoms with Crippen LogP contribution in [0.2, 0.25) is 0 Å². The van der Waals surface area contributed by atoms with Crippen molar-refractivity contribution in [2.45, 2.75) is 4.33 Å². The quantitative estimate of drug-likeness (QED) is 0.369. The number of hydrogen-bond acceptors (Lipinski definition) is 4. The molecule has 7 heteroatoms. The van der Waals surface area contributed by atoms with Crippen molar-refractivity contribution in [2.24, 2.45) is 10.2 Å². The fraction of sp³-hybridized carbons (Fsp3) is 0.333. The first-order chi connectivity index (χ1) is 4.46. The Morgan fingerprint density at radius 2 is 2.20 bits per heavy atom. The Morgan fingerprint density at radius 1 is 1.60 bits per heavy atom. The van der Waals surface area contributed by atoms with Gasteiger partial charge in [-0.1, -0.05) is 11.6 Å². The van der Waals surface area contributed by atoms with E-state index >= 15 is 0 Å². The molecule has 1 rings (SSSR count). The molecule has 0 aromatic carbocycles. The minimum absolute atomic E-state index is 0.976. The summed E-state index contributed by atoms with van der Waals surface area (Å²) >= 11 is 5.26. The van der Waals surface area contributed by atoms with Gasteiger partial charge >= 0.3 is 10.1 Å². The first-order valence-corrected chi connectivity index (χ1v) is 4.03. The molecule has 0 aliphatic carbocycles. The summed E-state index contributed by atoms with van der Waals surface area (Å²) in [6, 6.07) is 0. The molecule has 1 aliphatic rings. The van der Waals surface area contributed by atoms with Crippen LogP contribution in [0.5, 0.6) is 0 Å². The summed E-state index contributed by atoms with van der Waals surface area (Å²) in [6.45, 7) is 0. The molecule has 1 aliphatic heterocycles. The number of rotatable bonds is 1. The molecule has 1 N–H and O–H groups in total. The first kappa shape index (κ1) is 7.64. The van der Waals surface area contributed by atoms with Gasteiger partial charge in [0.2, 0.25) is 0 Å². The van der Waals surface area contributed by atoms with Crippen molar-refractivity contribution in [1.82, 2.24) is 0 Å². The Kier molecular flexibility index (Phi) is 1.54.